The van der Waals surface area contributed by atoms with Crippen LogP contribution >= 0.6 is 11.3 Å². The molecule has 6 heteroatoms. The number of carbonyl (C=O) groups excluding carboxylic acids is 1. The summed E-state index contributed by atoms with van der Waals surface area (Å²) in [5.41, 5.74) is 4.39. The fraction of sp³-hybridized carbons (Fsp3) is 0.474. The number of thiazole rings is 1. The molecule has 5 nitrogen and oxygen atoms in total. The van der Waals surface area contributed by atoms with Gasteiger partial charge in [-0.25, -0.2) is 9.78 Å². The van der Waals surface area contributed by atoms with Crippen LogP contribution in [0.3, 0.4) is 0 Å². The van der Waals surface area contributed by atoms with E-state index in [4.69, 9.17) is 4.74 Å². The van der Waals surface area contributed by atoms with Crippen molar-refractivity contribution < 1.29 is 14.3 Å². The molecule has 0 aliphatic carbocycles. The quantitative estimate of drug-likeness (QED) is 0.577. The van der Waals surface area contributed by atoms with Gasteiger partial charge in [-0.1, -0.05) is 12.1 Å². The number of carbonyl (C=O) groups is 1. The van der Waals surface area contributed by atoms with Gasteiger partial charge in [0.2, 0.25) is 0 Å². The van der Waals surface area contributed by atoms with Crippen LogP contribution in [0.5, 0.6) is 5.75 Å². The molecular formula is C19H26N2O3S. The minimum atomic E-state index is -0.377. The second-order valence-corrected chi connectivity index (χ2v) is 7.38. The second kappa shape index (κ2) is 8.97. The fourth-order valence-corrected chi connectivity index (χ4v) is 3.74. The number of benzene rings is 1. The van der Waals surface area contributed by atoms with Gasteiger partial charge in [0, 0.05) is 18.0 Å². The Morgan fingerprint density at radius 3 is 2.44 bits per heavy atom. The Hall–Kier alpha value is -1.92. The van der Waals surface area contributed by atoms with E-state index in [1.54, 1.807) is 11.3 Å². The Balaban J connectivity index is 1.88. The molecule has 2 aromatic rings. The van der Waals surface area contributed by atoms with Gasteiger partial charge < -0.3 is 14.8 Å². The first-order chi connectivity index (χ1) is 11.9. The predicted molar refractivity (Wildman–Crippen MR) is 100 cm³/mol. The van der Waals surface area contributed by atoms with Crippen LogP contribution in [0.4, 0.5) is 0 Å². The molecule has 25 heavy (non-hydrogen) atoms. The zero-order valence-corrected chi connectivity index (χ0v) is 16.4. The van der Waals surface area contributed by atoms with Gasteiger partial charge in [-0.05, 0) is 50.8 Å². The SMILES string of the molecule is COC(=O)COc1c(C)cc(CNCCc2sc(C)nc2C)cc1C. The van der Waals surface area contributed by atoms with Crippen molar-refractivity contribution in [2.45, 2.75) is 40.7 Å². The third-order valence-electron chi connectivity index (χ3n) is 3.94. The lowest BCUT2D eigenvalue weighted by Gasteiger charge is -2.14. The molecule has 136 valence electrons. The zero-order chi connectivity index (χ0) is 18.4. The molecule has 1 aromatic heterocycles. The Morgan fingerprint density at radius 1 is 1.20 bits per heavy atom. The van der Waals surface area contributed by atoms with Gasteiger partial charge in [0.05, 0.1) is 17.8 Å². The number of nitrogens with one attached hydrogen (secondary N) is 1. The highest BCUT2D eigenvalue weighted by Crippen LogP contribution is 2.25. The van der Waals surface area contributed by atoms with Crippen molar-refractivity contribution >= 4 is 17.3 Å². The molecule has 0 atom stereocenters. The van der Waals surface area contributed by atoms with E-state index in [9.17, 15) is 4.79 Å². The number of aromatic nitrogens is 1. The van der Waals surface area contributed by atoms with E-state index in [2.05, 4.69) is 34.1 Å². The first-order valence-corrected chi connectivity index (χ1v) is 9.15. The maximum absolute atomic E-state index is 11.2. The van der Waals surface area contributed by atoms with E-state index in [0.29, 0.717) is 0 Å². The summed E-state index contributed by atoms with van der Waals surface area (Å²) in [4.78, 5) is 17.0. The number of hydrogen-bond acceptors (Lipinski definition) is 6. The van der Waals surface area contributed by atoms with Gasteiger partial charge >= 0.3 is 5.97 Å². The van der Waals surface area contributed by atoms with Crippen molar-refractivity contribution in [2.75, 3.05) is 20.3 Å². The number of rotatable bonds is 8. The number of esters is 1. The predicted octanol–water partition coefficient (Wildman–Crippen LogP) is 3.26. The summed E-state index contributed by atoms with van der Waals surface area (Å²) in [6.07, 6.45) is 0.996. The van der Waals surface area contributed by atoms with Gasteiger partial charge in [-0.2, -0.15) is 0 Å². The molecule has 1 heterocycles. The Morgan fingerprint density at radius 2 is 1.88 bits per heavy atom. The number of ether oxygens (including phenoxy) is 2. The number of aryl methyl sites for hydroxylation is 4. The number of nitrogens with zero attached hydrogens (tertiary/aromatic N) is 1. The summed E-state index contributed by atoms with van der Waals surface area (Å²) >= 11 is 1.77. The van der Waals surface area contributed by atoms with Crippen LogP contribution in [0.25, 0.3) is 0 Å². The lowest BCUT2D eigenvalue weighted by Crippen LogP contribution is -2.17. The van der Waals surface area contributed by atoms with Crippen molar-refractivity contribution in [3.63, 3.8) is 0 Å². The van der Waals surface area contributed by atoms with Crippen molar-refractivity contribution in [1.82, 2.24) is 10.3 Å². The topological polar surface area (TPSA) is 60.5 Å². The summed E-state index contributed by atoms with van der Waals surface area (Å²) < 4.78 is 10.2. The zero-order valence-electron chi connectivity index (χ0n) is 15.6. The lowest BCUT2D eigenvalue weighted by atomic mass is 10.1. The standard InChI is InChI=1S/C19H26N2O3S/c1-12-8-16(9-13(2)19(12)24-11-18(22)23-5)10-20-7-6-17-14(3)21-15(4)25-17/h8-9,20H,6-7,10-11H2,1-5H3. The maximum atomic E-state index is 11.2. The average Bonchev–Trinajstić information content (AvgIpc) is 2.88. The van der Waals surface area contributed by atoms with Crippen molar-refractivity contribution in [1.29, 1.82) is 0 Å². The molecule has 1 aromatic carbocycles. The molecule has 0 saturated heterocycles. The molecule has 2 rings (SSSR count). The van der Waals surface area contributed by atoms with E-state index in [-0.39, 0.29) is 12.6 Å². The van der Waals surface area contributed by atoms with Gasteiger partial charge in [-0.3, -0.25) is 0 Å². The van der Waals surface area contributed by atoms with E-state index in [1.807, 2.05) is 20.8 Å². The summed E-state index contributed by atoms with van der Waals surface area (Å²) in [7, 11) is 1.36. The van der Waals surface area contributed by atoms with Crippen LogP contribution in [0.1, 0.15) is 32.3 Å². The molecule has 0 unspecified atom stereocenters. The van der Waals surface area contributed by atoms with Crippen molar-refractivity contribution in [2.24, 2.45) is 0 Å². The highest BCUT2D eigenvalue weighted by atomic mass is 32.1. The normalized spacial score (nSPS) is 10.8. The van der Waals surface area contributed by atoms with Crippen LogP contribution in [-0.2, 0) is 22.5 Å². The lowest BCUT2D eigenvalue weighted by molar-refractivity contribution is -0.142. The highest BCUT2D eigenvalue weighted by molar-refractivity contribution is 7.11. The summed E-state index contributed by atoms with van der Waals surface area (Å²) in [6.45, 7) is 9.75. The van der Waals surface area contributed by atoms with Crippen LogP contribution in [0.2, 0.25) is 0 Å². The summed E-state index contributed by atoms with van der Waals surface area (Å²) in [6, 6.07) is 4.18. The van der Waals surface area contributed by atoms with E-state index in [0.717, 1.165) is 47.1 Å². The van der Waals surface area contributed by atoms with Crippen LogP contribution < -0.4 is 10.1 Å². The van der Waals surface area contributed by atoms with Crippen LogP contribution in [-0.4, -0.2) is 31.2 Å². The van der Waals surface area contributed by atoms with Crippen molar-refractivity contribution in [3.8, 4) is 5.75 Å². The monoisotopic (exact) mass is 362 g/mol. The Labute approximate surface area is 153 Å². The van der Waals surface area contributed by atoms with Crippen LogP contribution in [0, 0.1) is 27.7 Å². The van der Waals surface area contributed by atoms with E-state index in [1.165, 1.54) is 17.6 Å². The van der Waals surface area contributed by atoms with Crippen molar-refractivity contribution in [3.05, 3.63) is 44.4 Å². The molecular weight excluding hydrogens is 336 g/mol. The van der Waals surface area contributed by atoms with Gasteiger partial charge in [0.25, 0.3) is 0 Å². The van der Waals surface area contributed by atoms with Gasteiger partial charge in [0.1, 0.15) is 5.75 Å². The minimum Gasteiger partial charge on any atom is -0.481 e. The third-order valence-corrected chi connectivity index (χ3v) is 5.07. The molecule has 0 radical (unpaired) electrons. The Kier molecular flexibility index (Phi) is 6.96. The molecule has 0 amide bonds. The Bertz CT molecular complexity index is 717. The number of methoxy groups -OCH3 is 1. The second-order valence-electron chi connectivity index (χ2n) is 6.09. The third kappa shape index (κ3) is 5.54. The fourth-order valence-electron chi connectivity index (χ4n) is 2.80. The molecule has 0 spiro atoms. The summed E-state index contributed by atoms with van der Waals surface area (Å²) in [5, 5.41) is 4.61. The number of hydrogen-bond donors (Lipinski definition) is 1. The molecule has 0 saturated carbocycles. The molecule has 0 aliphatic rings. The van der Waals surface area contributed by atoms with E-state index < -0.39 is 0 Å². The van der Waals surface area contributed by atoms with Gasteiger partial charge in [0.15, 0.2) is 6.61 Å². The molecule has 0 fully saturated rings. The molecule has 1 N–H and O–H groups in total. The highest BCUT2D eigenvalue weighted by Gasteiger charge is 2.09. The molecule has 0 bridgehead atoms. The van der Waals surface area contributed by atoms with E-state index >= 15 is 0 Å². The first-order valence-electron chi connectivity index (χ1n) is 8.34. The van der Waals surface area contributed by atoms with Gasteiger partial charge in [-0.15, -0.1) is 11.3 Å². The average molecular weight is 362 g/mol. The smallest absolute Gasteiger partial charge is 0.343 e. The minimum absolute atomic E-state index is 0.0661. The molecule has 0 aliphatic heterocycles. The summed E-state index contributed by atoms with van der Waals surface area (Å²) in [5.74, 6) is 0.378. The van der Waals surface area contributed by atoms with Crippen LogP contribution in [0.15, 0.2) is 12.1 Å². The first kappa shape index (κ1) is 19.4. The largest absolute Gasteiger partial charge is 0.481 e. The maximum Gasteiger partial charge on any atom is 0.343 e.